The lowest BCUT2D eigenvalue weighted by Crippen LogP contribution is -2.08. The molecule has 2 nitrogen and oxygen atoms in total. The average Bonchev–Trinajstić information content (AvgIpc) is 2.55. The summed E-state index contributed by atoms with van der Waals surface area (Å²) in [7, 11) is 0. The van der Waals surface area contributed by atoms with E-state index in [9.17, 15) is 4.79 Å². The van der Waals surface area contributed by atoms with Gasteiger partial charge in [-0.1, -0.05) is 6.42 Å². The van der Waals surface area contributed by atoms with Gasteiger partial charge < -0.3 is 5.32 Å². The number of ketones is 1. The van der Waals surface area contributed by atoms with Crippen LogP contribution in [0, 0.1) is 0 Å². The van der Waals surface area contributed by atoms with E-state index >= 15 is 0 Å². The summed E-state index contributed by atoms with van der Waals surface area (Å²) in [5, 5.41) is 3.17. The van der Waals surface area contributed by atoms with Crippen molar-refractivity contribution in [2.75, 3.05) is 0 Å². The first-order valence-electron chi connectivity index (χ1n) is 3.67. The summed E-state index contributed by atoms with van der Waals surface area (Å²) >= 11 is 0. The SMILES string of the molecule is O=C1CCCCC2NC12. The van der Waals surface area contributed by atoms with Crippen LogP contribution >= 0.6 is 0 Å². The highest BCUT2D eigenvalue weighted by Crippen LogP contribution is 2.24. The second-order valence-corrected chi connectivity index (χ2v) is 2.96. The Morgan fingerprint density at radius 2 is 2.33 bits per heavy atom. The van der Waals surface area contributed by atoms with Crippen LogP contribution in [-0.4, -0.2) is 17.9 Å². The Labute approximate surface area is 54.6 Å². The second kappa shape index (κ2) is 1.81. The zero-order valence-corrected chi connectivity index (χ0v) is 5.39. The fourth-order valence-corrected chi connectivity index (χ4v) is 1.56. The third-order valence-electron chi connectivity index (χ3n) is 2.22. The van der Waals surface area contributed by atoms with Gasteiger partial charge in [0.25, 0.3) is 0 Å². The number of carbonyl (C=O) groups excluding carboxylic acids is 1. The zero-order valence-electron chi connectivity index (χ0n) is 5.39. The molecule has 0 aromatic carbocycles. The molecule has 50 valence electrons. The monoisotopic (exact) mass is 125 g/mol. The summed E-state index contributed by atoms with van der Waals surface area (Å²) in [5.74, 6) is 0.442. The summed E-state index contributed by atoms with van der Waals surface area (Å²) in [6.45, 7) is 0. The maximum atomic E-state index is 11.0. The van der Waals surface area contributed by atoms with Crippen LogP contribution in [0.15, 0.2) is 0 Å². The van der Waals surface area contributed by atoms with Crippen LogP contribution < -0.4 is 5.32 Å². The minimum atomic E-state index is 0.271. The van der Waals surface area contributed by atoms with E-state index in [1.165, 1.54) is 12.8 Å². The zero-order chi connectivity index (χ0) is 6.27. The Bertz CT molecular complexity index is 144. The molecule has 2 unspecified atom stereocenters. The van der Waals surface area contributed by atoms with Gasteiger partial charge >= 0.3 is 0 Å². The van der Waals surface area contributed by atoms with Gasteiger partial charge in [0.2, 0.25) is 0 Å². The van der Waals surface area contributed by atoms with E-state index in [1.807, 2.05) is 0 Å². The highest BCUT2D eigenvalue weighted by atomic mass is 16.1. The van der Waals surface area contributed by atoms with Crippen molar-refractivity contribution in [3.05, 3.63) is 0 Å². The van der Waals surface area contributed by atoms with Crippen molar-refractivity contribution in [2.45, 2.75) is 37.8 Å². The van der Waals surface area contributed by atoms with E-state index in [4.69, 9.17) is 0 Å². The Kier molecular flexibility index (Phi) is 1.09. The van der Waals surface area contributed by atoms with Crippen molar-refractivity contribution < 1.29 is 4.79 Å². The van der Waals surface area contributed by atoms with Crippen LogP contribution in [0.2, 0.25) is 0 Å². The number of fused-ring (bicyclic) bond motifs is 1. The molecule has 0 bridgehead atoms. The molecule has 1 aliphatic heterocycles. The molecule has 0 spiro atoms. The van der Waals surface area contributed by atoms with Crippen LogP contribution in [-0.2, 0) is 4.79 Å². The Morgan fingerprint density at radius 3 is 3.22 bits per heavy atom. The second-order valence-electron chi connectivity index (χ2n) is 2.96. The lowest BCUT2D eigenvalue weighted by molar-refractivity contribution is -0.118. The van der Waals surface area contributed by atoms with Crippen LogP contribution in [0.1, 0.15) is 25.7 Å². The van der Waals surface area contributed by atoms with Crippen molar-refractivity contribution in [1.82, 2.24) is 5.32 Å². The summed E-state index contributed by atoms with van der Waals surface area (Å²) in [6.07, 6.45) is 4.39. The van der Waals surface area contributed by atoms with E-state index in [-0.39, 0.29) is 6.04 Å². The summed E-state index contributed by atoms with van der Waals surface area (Å²) < 4.78 is 0. The normalized spacial score (nSPS) is 41.6. The van der Waals surface area contributed by atoms with Gasteiger partial charge in [-0.2, -0.15) is 0 Å². The highest BCUT2D eigenvalue weighted by Gasteiger charge is 2.42. The van der Waals surface area contributed by atoms with Crippen LogP contribution in [0.3, 0.4) is 0 Å². The van der Waals surface area contributed by atoms with Crippen LogP contribution in [0.5, 0.6) is 0 Å². The van der Waals surface area contributed by atoms with Gasteiger partial charge in [-0.3, -0.25) is 4.79 Å². The van der Waals surface area contributed by atoms with Crippen LogP contribution in [0.25, 0.3) is 0 Å². The molecule has 0 aromatic rings. The van der Waals surface area contributed by atoms with Gasteiger partial charge in [-0.15, -0.1) is 0 Å². The fraction of sp³-hybridized carbons (Fsp3) is 0.857. The predicted octanol–water partition coefficient (Wildman–Crippen LogP) is 0.470. The third kappa shape index (κ3) is 0.874. The van der Waals surface area contributed by atoms with Gasteiger partial charge in [-0.25, -0.2) is 0 Å². The van der Waals surface area contributed by atoms with Crippen molar-refractivity contribution in [1.29, 1.82) is 0 Å². The molecule has 2 aliphatic rings. The smallest absolute Gasteiger partial charge is 0.151 e. The lowest BCUT2D eigenvalue weighted by atomic mass is 10.2. The van der Waals surface area contributed by atoms with Gasteiger partial charge in [0, 0.05) is 12.5 Å². The predicted molar refractivity (Wildman–Crippen MR) is 34.2 cm³/mol. The molecule has 0 amide bonds. The summed E-state index contributed by atoms with van der Waals surface area (Å²) in [4.78, 5) is 11.0. The maximum absolute atomic E-state index is 11.0. The largest absolute Gasteiger partial charge is 0.301 e. The Hall–Kier alpha value is -0.370. The molecular formula is C7H11NO. The van der Waals surface area contributed by atoms with Gasteiger partial charge in [-0.05, 0) is 12.8 Å². The molecule has 1 saturated carbocycles. The number of hydrogen-bond acceptors (Lipinski definition) is 2. The molecule has 0 radical (unpaired) electrons. The van der Waals surface area contributed by atoms with Gasteiger partial charge in [0.1, 0.15) is 0 Å². The average molecular weight is 125 g/mol. The fourth-order valence-electron chi connectivity index (χ4n) is 1.56. The molecule has 9 heavy (non-hydrogen) atoms. The minimum Gasteiger partial charge on any atom is -0.301 e. The first-order valence-corrected chi connectivity index (χ1v) is 3.67. The molecule has 1 saturated heterocycles. The molecule has 2 atom stereocenters. The first kappa shape index (κ1) is 5.42. The number of carbonyl (C=O) groups is 1. The standard InChI is InChI=1S/C7H11NO/c9-6-4-2-1-3-5-7(6)8-5/h5,7-8H,1-4H2. The number of hydrogen-bond donors (Lipinski definition) is 1. The van der Waals surface area contributed by atoms with Crippen molar-refractivity contribution in [2.24, 2.45) is 0 Å². The van der Waals surface area contributed by atoms with E-state index < -0.39 is 0 Å². The number of rotatable bonds is 0. The first-order chi connectivity index (χ1) is 4.38. The van der Waals surface area contributed by atoms with E-state index in [0.717, 1.165) is 12.8 Å². The van der Waals surface area contributed by atoms with Crippen molar-refractivity contribution >= 4 is 5.78 Å². The van der Waals surface area contributed by atoms with E-state index in [1.54, 1.807) is 0 Å². The topological polar surface area (TPSA) is 39.0 Å². The molecule has 2 fully saturated rings. The molecular weight excluding hydrogens is 114 g/mol. The Morgan fingerprint density at radius 1 is 1.44 bits per heavy atom. The van der Waals surface area contributed by atoms with Gasteiger partial charge in [0.05, 0.1) is 6.04 Å². The molecule has 1 aliphatic carbocycles. The quantitative estimate of drug-likeness (QED) is 0.478. The molecule has 1 N–H and O–H groups in total. The minimum absolute atomic E-state index is 0.271. The maximum Gasteiger partial charge on any atom is 0.151 e. The molecule has 2 heteroatoms. The highest BCUT2D eigenvalue weighted by molar-refractivity contribution is 5.87. The molecule has 2 rings (SSSR count). The van der Waals surface area contributed by atoms with Crippen molar-refractivity contribution in [3.63, 3.8) is 0 Å². The number of Topliss-reactive ketones (excluding diaryl/α,β-unsaturated/α-hetero) is 1. The summed E-state index contributed by atoms with van der Waals surface area (Å²) in [5.41, 5.74) is 0. The van der Waals surface area contributed by atoms with E-state index in [2.05, 4.69) is 5.32 Å². The summed E-state index contributed by atoms with van der Waals surface area (Å²) in [6, 6.07) is 0.840. The number of nitrogens with one attached hydrogen (secondary N) is 1. The van der Waals surface area contributed by atoms with Crippen molar-refractivity contribution in [3.8, 4) is 0 Å². The Balaban J connectivity index is 2.03. The lowest BCUT2D eigenvalue weighted by Gasteiger charge is -1.91. The molecule has 1 heterocycles. The van der Waals surface area contributed by atoms with Crippen LogP contribution in [0.4, 0.5) is 0 Å². The molecule has 0 aromatic heterocycles. The third-order valence-corrected chi connectivity index (χ3v) is 2.22. The van der Waals surface area contributed by atoms with E-state index in [0.29, 0.717) is 11.8 Å². The van der Waals surface area contributed by atoms with Gasteiger partial charge in [0.15, 0.2) is 5.78 Å².